The highest BCUT2D eigenvalue weighted by molar-refractivity contribution is 5.67. The minimum Gasteiger partial charge on any atom is -0.444 e. The molecule has 0 radical (unpaired) electrons. The molecule has 0 aliphatic heterocycles. The van der Waals surface area contributed by atoms with Gasteiger partial charge in [0.2, 0.25) is 0 Å². The Bertz CT molecular complexity index is 401. The van der Waals surface area contributed by atoms with Crippen LogP contribution < -0.4 is 10.8 Å². The van der Waals surface area contributed by atoms with Crippen LogP contribution in [0.25, 0.3) is 0 Å². The van der Waals surface area contributed by atoms with Crippen LogP contribution in [0.2, 0.25) is 0 Å². The van der Waals surface area contributed by atoms with Gasteiger partial charge >= 0.3 is 6.09 Å². The number of carbonyl (C=O) groups excluding carboxylic acids is 1. The molecule has 2 N–H and O–H groups in total. The Balaban J connectivity index is 2.14. The zero-order valence-electron chi connectivity index (χ0n) is 12.6. The molecule has 0 heterocycles. The molecule has 0 spiro atoms. The fraction of sp³-hybridized carbons (Fsp3) is 0.533. The summed E-state index contributed by atoms with van der Waals surface area (Å²) in [6.07, 6.45) is -0.422. The number of rotatable bonds is 6. The van der Waals surface area contributed by atoms with Crippen molar-refractivity contribution in [3.05, 3.63) is 35.9 Å². The number of carbonyl (C=O) groups is 1. The number of nitrogens with one attached hydrogen (secondary N) is 2. The summed E-state index contributed by atoms with van der Waals surface area (Å²) in [5.41, 5.74) is 3.49. The summed E-state index contributed by atoms with van der Waals surface area (Å²) in [6.45, 7) is 8.33. The Morgan fingerprint density at radius 1 is 1.25 bits per heavy atom. The lowest BCUT2D eigenvalue weighted by Gasteiger charge is -2.21. The van der Waals surface area contributed by atoms with Gasteiger partial charge in [-0.2, -0.15) is 5.48 Å². The topological polar surface area (TPSA) is 59.6 Å². The van der Waals surface area contributed by atoms with Gasteiger partial charge in [-0.15, -0.1) is 0 Å². The maximum absolute atomic E-state index is 11.5. The molecule has 1 atom stereocenters. The van der Waals surface area contributed by atoms with Crippen molar-refractivity contribution in [2.75, 3.05) is 6.54 Å². The predicted octanol–water partition coefficient (Wildman–Crippen LogP) is 2.62. The van der Waals surface area contributed by atoms with Crippen molar-refractivity contribution in [1.29, 1.82) is 0 Å². The Labute approximate surface area is 120 Å². The van der Waals surface area contributed by atoms with E-state index in [1.54, 1.807) is 0 Å². The van der Waals surface area contributed by atoms with Gasteiger partial charge in [0.1, 0.15) is 5.60 Å². The highest BCUT2D eigenvalue weighted by Gasteiger charge is 2.16. The Morgan fingerprint density at radius 2 is 1.90 bits per heavy atom. The third kappa shape index (κ3) is 7.76. The van der Waals surface area contributed by atoms with Crippen molar-refractivity contribution < 1.29 is 14.4 Å². The molecule has 0 aliphatic carbocycles. The average molecular weight is 280 g/mol. The van der Waals surface area contributed by atoms with E-state index in [2.05, 4.69) is 10.8 Å². The second kappa shape index (κ2) is 7.87. The van der Waals surface area contributed by atoms with E-state index in [4.69, 9.17) is 9.57 Å². The molecule has 0 fully saturated rings. The fourth-order valence-electron chi connectivity index (χ4n) is 1.43. The van der Waals surface area contributed by atoms with Gasteiger partial charge in [0.15, 0.2) is 0 Å². The molecule has 0 aliphatic rings. The highest BCUT2D eigenvalue weighted by atomic mass is 16.6. The van der Waals surface area contributed by atoms with Crippen LogP contribution in [0, 0.1) is 0 Å². The molecule has 0 aromatic heterocycles. The van der Waals surface area contributed by atoms with E-state index in [0.717, 1.165) is 5.56 Å². The molecular weight excluding hydrogens is 256 g/mol. The normalized spacial score (nSPS) is 12.8. The minimum atomic E-state index is -0.482. The van der Waals surface area contributed by atoms with E-state index in [1.807, 2.05) is 58.0 Å². The summed E-state index contributed by atoms with van der Waals surface area (Å²) in [5, 5.41) is 2.68. The first kappa shape index (κ1) is 16.5. The maximum Gasteiger partial charge on any atom is 0.407 e. The predicted molar refractivity (Wildman–Crippen MR) is 78.1 cm³/mol. The van der Waals surface area contributed by atoms with E-state index in [-0.39, 0.29) is 6.04 Å². The fourth-order valence-corrected chi connectivity index (χ4v) is 1.43. The van der Waals surface area contributed by atoms with E-state index < -0.39 is 11.7 Å². The number of hydrogen-bond acceptors (Lipinski definition) is 4. The number of hydroxylamine groups is 1. The van der Waals surface area contributed by atoms with Crippen LogP contribution in [0.4, 0.5) is 4.79 Å². The van der Waals surface area contributed by atoms with Gasteiger partial charge in [0, 0.05) is 12.6 Å². The summed E-state index contributed by atoms with van der Waals surface area (Å²) in [4.78, 5) is 16.8. The van der Waals surface area contributed by atoms with Crippen LogP contribution in [-0.2, 0) is 16.2 Å². The third-order valence-electron chi connectivity index (χ3n) is 2.32. The molecule has 0 saturated carbocycles. The summed E-state index contributed by atoms with van der Waals surface area (Å²) in [7, 11) is 0. The smallest absolute Gasteiger partial charge is 0.407 e. The standard InChI is InChI=1S/C15H24N2O3/c1-12(10-16-14(18)20-15(2,3)4)17-19-11-13-8-6-5-7-9-13/h5-9,12,17H,10-11H2,1-4H3,(H,16,18). The van der Waals surface area contributed by atoms with Crippen molar-refractivity contribution in [2.24, 2.45) is 0 Å². The van der Waals surface area contributed by atoms with Crippen molar-refractivity contribution >= 4 is 6.09 Å². The second-order valence-electron chi connectivity index (χ2n) is 5.68. The molecule has 1 rings (SSSR count). The molecule has 112 valence electrons. The van der Waals surface area contributed by atoms with E-state index in [1.165, 1.54) is 0 Å². The lowest BCUT2D eigenvalue weighted by molar-refractivity contribution is 0.00613. The van der Waals surface area contributed by atoms with Gasteiger partial charge in [-0.1, -0.05) is 30.3 Å². The van der Waals surface area contributed by atoms with Crippen molar-refractivity contribution in [3.8, 4) is 0 Å². The van der Waals surface area contributed by atoms with Crippen LogP contribution in [0.3, 0.4) is 0 Å². The number of benzene rings is 1. The van der Waals surface area contributed by atoms with Gasteiger partial charge in [0.25, 0.3) is 0 Å². The lowest BCUT2D eigenvalue weighted by atomic mass is 10.2. The van der Waals surface area contributed by atoms with E-state index >= 15 is 0 Å². The minimum absolute atomic E-state index is 0.00812. The molecule has 20 heavy (non-hydrogen) atoms. The summed E-state index contributed by atoms with van der Waals surface area (Å²) in [5.74, 6) is 0. The molecule has 5 nitrogen and oxygen atoms in total. The van der Waals surface area contributed by atoms with Crippen molar-refractivity contribution in [3.63, 3.8) is 0 Å². The number of ether oxygens (including phenoxy) is 1. The molecule has 5 heteroatoms. The molecule has 0 bridgehead atoms. The first-order valence-corrected chi connectivity index (χ1v) is 6.75. The largest absolute Gasteiger partial charge is 0.444 e. The highest BCUT2D eigenvalue weighted by Crippen LogP contribution is 2.06. The first-order valence-electron chi connectivity index (χ1n) is 6.75. The summed E-state index contributed by atoms with van der Waals surface area (Å²) in [6, 6.07) is 9.87. The van der Waals surface area contributed by atoms with Crippen LogP contribution in [0.15, 0.2) is 30.3 Å². The van der Waals surface area contributed by atoms with Crippen LogP contribution in [-0.4, -0.2) is 24.3 Å². The third-order valence-corrected chi connectivity index (χ3v) is 2.32. The molecule has 1 aromatic carbocycles. The summed E-state index contributed by atoms with van der Waals surface area (Å²) >= 11 is 0. The second-order valence-corrected chi connectivity index (χ2v) is 5.68. The Kier molecular flexibility index (Phi) is 6.48. The van der Waals surface area contributed by atoms with Gasteiger partial charge in [0.05, 0.1) is 6.61 Å². The monoisotopic (exact) mass is 280 g/mol. The average Bonchev–Trinajstić information content (AvgIpc) is 2.36. The molecular formula is C15H24N2O3. The number of amides is 1. The van der Waals surface area contributed by atoms with Crippen molar-refractivity contribution in [2.45, 2.75) is 45.9 Å². The SMILES string of the molecule is CC(CNC(=O)OC(C)(C)C)NOCc1ccccc1. The molecule has 1 unspecified atom stereocenters. The van der Waals surface area contributed by atoms with Crippen LogP contribution in [0.5, 0.6) is 0 Å². The summed E-state index contributed by atoms with van der Waals surface area (Å²) < 4.78 is 5.14. The maximum atomic E-state index is 11.5. The van der Waals surface area contributed by atoms with Crippen LogP contribution >= 0.6 is 0 Å². The number of alkyl carbamates (subject to hydrolysis) is 1. The lowest BCUT2D eigenvalue weighted by Crippen LogP contribution is -2.41. The Morgan fingerprint density at radius 3 is 2.50 bits per heavy atom. The Hall–Kier alpha value is -1.59. The zero-order chi connectivity index (χ0) is 15.0. The van der Waals surface area contributed by atoms with Gasteiger partial charge in [-0.25, -0.2) is 4.79 Å². The molecule has 1 aromatic rings. The van der Waals surface area contributed by atoms with Gasteiger partial charge < -0.3 is 10.1 Å². The van der Waals surface area contributed by atoms with E-state index in [0.29, 0.717) is 13.2 Å². The van der Waals surface area contributed by atoms with E-state index in [9.17, 15) is 4.79 Å². The first-order chi connectivity index (χ1) is 9.37. The van der Waals surface area contributed by atoms with Gasteiger partial charge in [-0.3, -0.25) is 4.84 Å². The molecule has 0 saturated heterocycles. The van der Waals surface area contributed by atoms with Crippen molar-refractivity contribution in [1.82, 2.24) is 10.8 Å². The quantitative estimate of drug-likeness (QED) is 0.786. The van der Waals surface area contributed by atoms with Crippen LogP contribution in [0.1, 0.15) is 33.3 Å². The molecule has 1 amide bonds. The number of hydrogen-bond donors (Lipinski definition) is 2. The van der Waals surface area contributed by atoms with Gasteiger partial charge in [-0.05, 0) is 33.3 Å². The zero-order valence-corrected chi connectivity index (χ0v) is 12.6.